The lowest BCUT2D eigenvalue weighted by Gasteiger charge is -2.38. The van der Waals surface area contributed by atoms with Gasteiger partial charge in [0.15, 0.2) is 6.23 Å². The summed E-state index contributed by atoms with van der Waals surface area (Å²) in [6.07, 6.45) is -10.1. The van der Waals surface area contributed by atoms with Crippen molar-refractivity contribution in [2.24, 2.45) is 5.92 Å². The Bertz CT molecular complexity index is 380. The summed E-state index contributed by atoms with van der Waals surface area (Å²) in [5.74, 6) is -1.79. The topological polar surface area (TPSA) is 102 Å². The van der Waals surface area contributed by atoms with Crippen molar-refractivity contribution in [3.05, 3.63) is 0 Å². The molecule has 0 aromatic rings. The molecule has 2 amide bonds. The second kappa shape index (κ2) is 5.35. The summed E-state index contributed by atoms with van der Waals surface area (Å²) in [6, 6.07) is -0.819. The van der Waals surface area contributed by atoms with Crippen molar-refractivity contribution in [2.75, 3.05) is 19.7 Å². The van der Waals surface area contributed by atoms with E-state index in [1.165, 1.54) is 0 Å². The van der Waals surface area contributed by atoms with Gasteiger partial charge in [-0.05, 0) is 0 Å². The van der Waals surface area contributed by atoms with Gasteiger partial charge in [0.25, 0.3) is 0 Å². The summed E-state index contributed by atoms with van der Waals surface area (Å²) in [7, 11) is 0. The van der Waals surface area contributed by atoms with Crippen LogP contribution in [0.4, 0.5) is 18.0 Å². The quantitative estimate of drug-likeness (QED) is 0.504. The molecule has 0 saturated carbocycles. The number of aliphatic hydroxyl groups excluding tert-OH is 3. The number of carbonyl (C=O) groups is 1. The predicted molar refractivity (Wildman–Crippen MR) is 57.4 cm³/mol. The molecule has 2 aliphatic heterocycles. The molecular formula is C10H15F3N2O5. The van der Waals surface area contributed by atoms with E-state index in [4.69, 9.17) is 9.84 Å². The summed E-state index contributed by atoms with van der Waals surface area (Å²) >= 11 is 0. The van der Waals surface area contributed by atoms with E-state index in [1.807, 2.05) is 0 Å². The molecule has 2 rings (SSSR count). The van der Waals surface area contributed by atoms with E-state index in [1.54, 1.807) is 0 Å². The van der Waals surface area contributed by atoms with Gasteiger partial charge in [0, 0.05) is 13.1 Å². The fourth-order valence-corrected chi connectivity index (χ4v) is 2.27. The summed E-state index contributed by atoms with van der Waals surface area (Å²) in [6.45, 7) is -1.84. The second-order valence-corrected chi connectivity index (χ2v) is 4.81. The van der Waals surface area contributed by atoms with Gasteiger partial charge < -0.3 is 25.4 Å². The van der Waals surface area contributed by atoms with Crippen LogP contribution in [0.1, 0.15) is 0 Å². The molecule has 2 heterocycles. The first-order valence-corrected chi connectivity index (χ1v) is 5.99. The molecule has 2 saturated heterocycles. The first-order chi connectivity index (χ1) is 9.25. The number of carbonyl (C=O) groups excluding carboxylic acids is 1. The summed E-state index contributed by atoms with van der Waals surface area (Å²) in [5, 5.41) is 30.3. The summed E-state index contributed by atoms with van der Waals surface area (Å²) in [4.78, 5) is 12.3. The second-order valence-electron chi connectivity index (χ2n) is 4.81. The molecule has 4 N–H and O–H groups in total. The van der Waals surface area contributed by atoms with Crippen molar-refractivity contribution >= 4 is 6.03 Å². The maximum Gasteiger partial charge on any atom is 0.395 e. The maximum absolute atomic E-state index is 12.7. The van der Waals surface area contributed by atoms with Crippen LogP contribution in [0.25, 0.3) is 0 Å². The molecule has 0 radical (unpaired) electrons. The summed E-state index contributed by atoms with van der Waals surface area (Å²) in [5.41, 5.74) is 0. The number of hydrogen-bond acceptors (Lipinski definition) is 5. The third kappa shape index (κ3) is 2.68. The Labute approximate surface area is 111 Å². The first kappa shape index (κ1) is 15.3. The monoisotopic (exact) mass is 300 g/mol. The molecule has 20 heavy (non-hydrogen) atoms. The van der Waals surface area contributed by atoms with E-state index in [9.17, 15) is 28.2 Å². The van der Waals surface area contributed by atoms with E-state index in [0.29, 0.717) is 4.90 Å². The van der Waals surface area contributed by atoms with Crippen LogP contribution in [0.2, 0.25) is 0 Å². The number of alkyl halides is 3. The van der Waals surface area contributed by atoms with Gasteiger partial charge in [0.1, 0.15) is 18.3 Å². The van der Waals surface area contributed by atoms with Gasteiger partial charge in [-0.15, -0.1) is 0 Å². The average molecular weight is 300 g/mol. The van der Waals surface area contributed by atoms with E-state index < -0.39 is 62.4 Å². The zero-order valence-corrected chi connectivity index (χ0v) is 10.2. The standard InChI is InChI=1S/C10H15F3N2O5/c11-10(12,13)4-1-14-9(19)15(2-4)8-7(18)6(17)5(3-16)20-8/h4-8,16-18H,1-3H2,(H,14,19)/t4?,5-,6-,7+,8-/m1/s1. The number of aliphatic hydroxyl groups is 3. The number of nitrogens with zero attached hydrogens (tertiary/aromatic N) is 1. The van der Waals surface area contributed by atoms with Gasteiger partial charge in [-0.2, -0.15) is 13.2 Å². The Morgan fingerprint density at radius 3 is 2.50 bits per heavy atom. The van der Waals surface area contributed by atoms with Gasteiger partial charge in [0.05, 0.1) is 12.5 Å². The molecule has 0 aliphatic carbocycles. The number of amides is 2. The van der Waals surface area contributed by atoms with Gasteiger partial charge in [-0.3, -0.25) is 4.90 Å². The first-order valence-electron chi connectivity index (χ1n) is 5.99. The van der Waals surface area contributed by atoms with Crippen LogP contribution in [0.15, 0.2) is 0 Å². The molecular weight excluding hydrogens is 285 g/mol. The Morgan fingerprint density at radius 2 is 2.00 bits per heavy atom. The molecule has 0 aromatic heterocycles. The van der Waals surface area contributed by atoms with Crippen molar-refractivity contribution in [2.45, 2.75) is 30.7 Å². The van der Waals surface area contributed by atoms with Crippen LogP contribution in [0.3, 0.4) is 0 Å². The fraction of sp³-hybridized carbons (Fsp3) is 0.900. The van der Waals surface area contributed by atoms with Crippen LogP contribution in [0.5, 0.6) is 0 Å². The van der Waals surface area contributed by atoms with Crippen molar-refractivity contribution in [1.82, 2.24) is 10.2 Å². The summed E-state index contributed by atoms with van der Waals surface area (Å²) < 4.78 is 43.1. The SMILES string of the molecule is O=C1NCC(C(F)(F)F)CN1[C@@H]1O[C@H](CO)[C@@H](O)[C@@H]1O. The van der Waals surface area contributed by atoms with Gasteiger partial charge in [-0.25, -0.2) is 4.79 Å². The third-order valence-corrected chi connectivity index (χ3v) is 3.46. The Hall–Kier alpha value is -1.10. The number of nitrogens with one attached hydrogen (secondary N) is 1. The molecule has 7 nitrogen and oxygen atoms in total. The van der Waals surface area contributed by atoms with Crippen molar-refractivity contribution in [3.8, 4) is 0 Å². The molecule has 0 spiro atoms. The van der Waals surface area contributed by atoms with Crippen LogP contribution in [0, 0.1) is 5.92 Å². The normalized spacial score (nSPS) is 39.0. The van der Waals surface area contributed by atoms with Gasteiger partial charge in [0.2, 0.25) is 0 Å². The van der Waals surface area contributed by atoms with Crippen LogP contribution in [-0.2, 0) is 4.74 Å². The third-order valence-electron chi connectivity index (χ3n) is 3.46. The van der Waals surface area contributed by atoms with Crippen molar-refractivity contribution in [1.29, 1.82) is 0 Å². The zero-order valence-electron chi connectivity index (χ0n) is 10.2. The van der Waals surface area contributed by atoms with E-state index in [-0.39, 0.29) is 0 Å². The van der Waals surface area contributed by atoms with E-state index in [2.05, 4.69) is 5.32 Å². The highest BCUT2D eigenvalue weighted by Crippen LogP contribution is 2.31. The Morgan fingerprint density at radius 1 is 1.35 bits per heavy atom. The molecule has 116 valence electrons. The lowest BCUT2D eigenvalue weighted by atomic mass is 10.1. The molecule has 1 unspecified atom stereocenters. The maximum atomic E-state index is 12.7. The number of urea groups is 1. The number of halogens is 3. The molecule has 2 fully saturated rings. The van der Waals surface area contributed by atoms with E-state index in [0.717, 1.165) is 0 Å². The average Bonchev–Trinajstić information content (AvgIpc) is 2.65. The molecule has 2 aliphatic rings. The van der Waals surface area contributed by atoms with Crippen LogP contribution >= 0.6 is 0 Å². The number of rotatable bonds is 2. The number of ether oxygens (including phenoxy) is 1. The number of hydrogen-bond donors (Lipinski definition) is 4. The minimum absolute atomic E-state index is 0.548. The smallest absolute Gasteiger partial charge is 0.394 e. The highest BCUT2D eigenvalue weighted by molar-refractivity contribution is 5.75. The van der Waals surface area contributed by atoms with Crippen LogP contribution in [-0.4, -0.2) is 76.7 Å². The lowest BCUT2D eigenvalue weighted by molar-refractivity contribution is -0.188. The zero-order chi connectivity index (χ0) is 15.1. The van der Waals surface area contributed by atoms with Gasteiger partial charge >= 0.3 is 12.2 Å². The fourth-order valence-electron chi connectivity index (χ4n) is 2.27. The molecule has 0 aromatic carbocycles. The Kier molecular flexibility index (Phi) is 4.09. The molecule has 10 heteroatoms. The minimum Gasteiger partial charge on any atom is -0.394 e. The van der Waals surface area contributed by atoms with Gasteiger partial charge in [-0.1, -0.05) is 0 Å². The highest BCUT2D eigenvalue weighted by Gasteiger charge is 2.51. The highest BCUT2D eigenvalue weighted by atomic mass is 19.4. The Balaban J connectivity index is 2.12. The lowest BCUT2D eigenvalue weighted by Crippen LogP contribution is -2.60. The van der Waals surface area contributed by atoms with E-state index >= 15 is 0 Å². The van der Waals surface area contributed by atoms with Crippen molar-refractivity contribution < 1.29 is 38.0 Å². The minimum atomic E-state index is -4.50. The van der Waals surface area contributed by atoms with Crippen LogP contribution < -0.4 is 5.32 Å². The molecule has 5 atom stereocenters. The largest absolute Gasteiger partial charge is 0.395 e. The molecule has 0 bridgehead atoms. The van der Waals surface area contributed by atoms with Crippen molar-refractivity contribution in [3.63, 3.8) is 0 Å². The predicted octanol–water partition coefficient (Wildman–Crippen LogP) is -1.37.